The molecule has 2 rings (SSSR count). The van der Waals surface area contributed by atoms with E-state index in [1.807, 2.05) is 54.7 Å². The first-order valence-corrected chi connectivity index (χ1v) is 9.00. The fourth-order valence-electron chi connectivity index (χ4n) is 2.35. The summed E-state index contributed by atoms with van der Waals surface area (Å²) in [7, 11) is 0. The van der Waals surface area contributed by atoms with Gasteiger partial charge in [0.25, 0.3) is 0 Å². The van der Waals surface area contributed by atoms with Gasteiger partial charge in [-0.05, 0) is 31.0 Å². The fourth-order valence-corrected chi connectivity index (χ4v) is 5.48. The smallest absolute Gasteiger partial charge is 0.119 e. The summed E-state index contributed by atoms with van der Waals surface area (Å²) < 4.78 is 5.44. The van der Waals surface area contributed by atoms with Crippen molar-refractivity contribution in [1.29, 1.82) is 0 Å². The second-order valence-corrected chi connectivity index (χ2v) is 7.23. The Hall–Kier alpha value is -0.320. The number of aliphatic hydroxyl groups is 1. The first-order chi connectivity index (χ1) is 9.26. The minimum absolute atomic E-state index is 0.307. The quantitative estimate of drug-likeness (QED) is 0.896. The summed E-state index contributed by atoms with van der Waals surface area (Å²) in [5.74, 6) is 3.21. The van der Waals surface area contributed by atoms with Gasteiger partial charge in [0, 0.05) is 22.0 Å². The maximum Gasteiger partial charge on any atom is 0.119 e. The van der Waals surface area contributed by atoms with Gasteiger partial charge in [0.05, 0.1) is 12.7 Å². The molecule has 1 aliphatic heterocycles. The number of hydrogen-bond donors (Lipinski definition) is 1. The van der Waals surface area contributed by atoms with Crippen LogP contribution in [0.2, 0.25) is 0 Å². The third-order valence-electron chi connectivity index (χ3n) is 3.34. The Labute approximate surface area is 124 Å². The number of hydrogen-bond acceptors (Lipinski definition) is 4. The van der Waals surface area contributed by atoms with Crippen molar-refractivity contribution >= 4 is 23.5 Å². The molecule has 1 aromatic rings. The lowest BCUT2D eigenvalue weighted by Crippen LogP contribution is -2.31. The second kappa shape index (κ2) is 7.46. The van der Waals surface area contributed by atoms with E-state index in [-0.39, 0.29) is 6.10 Å². The van der Waals surface area contributed by atoms with E-state index >= 15 is 0 Å². The first-order valence-electron chi connectivity index (χ1n) is 6.90. The lowest BCUT2D eigenvalue weighted by atomic mass is 10.0. The molecule has 0 aliphatic carbocycles. The van der Waals surface area contributed by atoms with Crippen LogP contribution < -0.4 is 4.74 Å². The van der Waals surface area contributed by atoms with Gasteiger partial charge >= 0.3 is 0 Å². The number of benzene rings is 1. The average Bonchev–Trinajstić information content (AvgIpc) is 2.47. The van der Waals surface area contributed by atoms with Crippen LogP contribution in [0.4, 0.5) is 0 Å². The molecule has 3 unspecified atom stereocenters. The van der Waals surface area contributed by atoms with Gasteiger partial charge in [-0.3, -0.25) is 0 Å². The highest BCUT2D eigenvalue weighted by Gasteiger charge is 2.31. The Kier molecular flexibility index (Phi) is 5.92. The van der Waals surface area contributed by atoms with Gasteiger partial charge in [-0.1, -0.05) is 19.1 Å². The monoisotopic (exact) mass is 298 g/mol. The second-order valence-electron chi connectivity index (χ2n) is 4.60. The zero-order valence-electron chi connectivity index (χ0n) is 11.5. The van der Waals surface area contributed by atoms with Crippen LogP contribution in [0.5, 0.6) is 5.75 Å². The van der Waals surface area contributed by atoms with E-state index in [0.29, 0.717) is 17.1 Å². The molecule has 1 aromatic carbocycles. The average molecular weight is 298 g/mol. The van der Waals surface area contributed by atoms with Crippen LogP contribution in [-0.2, 0) is 0 Å². The van der Waals surface area contributed by atoms with Crippen molar-refractivity contribution in [3.05, 3.63) is 29.8 Å². The zero-order valence-corrected chi connectivity index (χ0v) is 13.2. The van der Waals surface area contributed by atoms with Gasteiger partial charge < -0.3 is 9.84 Å². The summed E-state index contributed by atoms with van der Waals surface area (Å²) in [4.78, 5) is 0. The maximum atomic E-state index is 10.6. The molecule has 3 atom stereocenters. The van der Waals surface area contributed by atoms with Crippen molar-refractivity contribution < 1.29 is 9.84 Å². The van der Waals surface area contributed by atoms with Crippen molar-refractivity contribution in [2.75, 3.05) is 18.1 Å². The lowest BCUT2D eigenvalue weighted by Gasteiger charge is -2.33. The van der Waals surface area contributed by atoms with Crippen molar-refractivity contribution in [2.24, 2.45) is 0 Å². The van der Waals surface area contributed by atoms with Gasteiger partial charge in [0.1, 0.15) is 5.75 Å². The molecule has 2 nitrogen and oxygen atoms in total. The van der Waals surface area contributed by atoms with Crippen LogP contribution in [0.15, 0.2) is 24.3 Å². The van der Waals surface area contributed by atoms with E-state index in [0.717, 1.165) is 23.5 Å². The van der Waals surface area contributed by atoms with E-state index in [1.165, 1.54) is 5.75 Å². The predicted octanol–water partition coefficient (Wildman–Crippen LogP) is 3.75. The fraction of sp³-hybridized carbons (Fsp3) is 0.600. The molecule has 4 heteroatoms. The first kappa shape index (κ1) is 15.1. The zero-order chi connectivity index (χ0) is 13.7. The van der Waals surface area contributed by atoms with E-state index in [2.05, 4.69) is 6.92 Å². The summed E-state index contributed by atoms with van der Waals surface area (Å²) in [5, 5.41) is 11.5. The standard InChI is InChI=1S/C15H22O2S2/c1-3-13-15(19-10-9-18-13)14(16)11-5-7-12(8-6-11)17-4-2/h5-8,13-16H,3-4,9-10H2,1-2H3. The van der Waals surface area contributed by atoms with E-state index in [9.17, 15) is 5.11 Å². The van der Waals surface area contributed by atoms with Crippen LogP contribution >= 0.6 is 23.5 Å². The molecule has 1 heterocycles. The molecular weight excluding hydrogens is 276 g/mol. The summed E-state index contributed by atoms with van der Waals surface area (Å²) in [5.41, 5.74) is 1.00. The SMILES string of the molecule is CCOc1ccc(C(O)C2SCCSC2CC)cc1. The number of ether oxygens (including phenoxy) is 1. The van der Waals surface area contributed by atoms with Gasteiger partial charge in [-0.25, -0.2) is 0 Å². The molecule has 1 fully saturated rings. The summed E-state index contributed by atoms with van der Waals surface area (Å²) in [6, 6.07) is 7.87. The van der Waals surface area contributed by atoms with E-state index in [4.69, 9.17) is 4.74 Å². The number of aliphatic hydroxyl groups excluding tert-OH is 1. The number of rotatable bonds is 5. The van der Waals surface area contributed by atoms with Gasteiger partial charge in [0.2, 0.25) is 0 Å². The van der Waals surface area contributed by atoms with Crippen LogP contribution in [-0.4, -0.2) is 33.7 Å². The largest absolute Gasteiger partial charge is 0.494 e. The van der Waals surface area contributed by atoms with Crippen LogP contribution in [0.1, 0.15) is 31.9 Å². The third-order valence-corrected chi connectivity index (χ3v) is 6.67. The molecule has 0 spiro atoms. The predicted molar refractivity (Wildman–Crippen MR) is 85.4 cm³/mol. The van der Waals surface area contributed by atoms with Crippen molar-refractivity contribution in [2.45, 2.75) is 36.9 Å². The highest BCUT2D eigenvalue weighted by molar-refractivity contribution is 8.07. The molecule has 106 valence electrons. The highest BCUT2D eigenvalue weighted by atomic mass is 32.2. The minimum atomic E-state index is -0.376. The van der Waals surface area contributed by atoms with Crippen molar-refractivity contribution in [1.82, 2.24) is 0 Å². The molecule has 1 saturated heterocycles. The summed E-state index contributed by atoms with van der Waals surface area (Å²) in [6.07, 6.45) is 0.745. The van der Waals surface area contributed by atoms with Crippen LogP contribution in [0, 0.1) is 0 Å². The molecule has 0 radical (unpaired) electrons. The maximum absolute atomic E-state index is 10.6. The molecule has 0 bridgehead atoms. The normalized spacial score (nSPS) is 25.0. The number of thioether (sulfide) groups is 2. The van der Waals surface area contributed by atoms with E-state index in [1.54, 1.807) is 0 Å². The van der Waals surface area contributed by atoms with Gasteiger partial charge in [-0.15, -0.1) is 0 Å². The third kappa shape index (κ3) is 3.83. The van der Waals surface area contributed by atoms with Crippen molar-refractivity contribution in [3.63, 3.8) is 0 Å². The molecule has 1 N–H and O–H groups in total. The molecule has 0 aromatic heterocycles. The van der Waals surface area contributed by atoms with Crippen LogP contribution in [0.3, 0.4) is 0 Å². The Bertz CT molecular complexity index is 380. The van der Waals surface area contributed by atoms with Crippen LogP contribution in [0.25, 0.3) is 0 Å². The Balaban J connectivity index is 2.06. The van der Waals surface area contributed by atoms with Gasteiger partial charge in [0.15, 0.2) is 0 Å². The molecule has 0 amide bonds. The van der Waals surface area contributed by atoms with Crippen molar-refractivity contribution in [3.8, 4) is 5.75 Å². The lowest BCUT2D eigenvalue weighted by molar-refractivity contribution is 0.172. The summed E-state index contributed by atoms with van der Waals surface area (Å²) >= 11 is 3.91. The Morgan fingerprint density at radius 1 is 1.21 bits per heavy atom. The molecule has 0 saturated carbocycles. The molecular formula is C15H22O2S2. The van der Waals surface area contributed by atoms with Gasteiger partial charge in [-0.2, -0.15) is 23.5 Å². The summed E-state index contributed by atoms with van der Waals surface area (Å²) in [6.45, 7) is 4.86. The minimum Gasteiger partial charge on any atom is -0.494 e. The topological polar surface area (TPSA) is 29.5 Å². The Morgan fingerprint density at radius 3 is 2.53 bits per heavy atom. The Morgan fingerprint density at radius 2 is 1.89 bits per heavy atom. The van der Waals surface area contributed by atoms with E-state index < -0.39 is 0 Å². The molecule has 1 aliphatic rings. The molecule has 19 heavy (non-hydrogen) atoms. The highest BCUT2D eigenvalue weighted by Crippen LogP contribution is 2.40.